The van der Waals surface area contributed by atoms with Crippen LogP contribution in [0.15, 0.2) is 54.6 Å². The van der Waals surface area contributed by atoms with Gasteiger partial charge in [-0.2, -0.15) is 0 Å². The van der Waals surface area contributed by atoms with E-state index in [9.17, 15) is 4.79 Å². The van der Waals surface area contributed by atoms with E-state index in [1.165, 1.54) is 0 Å². The van der Waals surface area contributed by atoms with E-state index in [4.69, 9.17) is 9.47 Å². The number of para-hydroxylation sites is 1. The smallest absolute Gasteiger partial charge is 0.411 e. The molecule has 0 unspecified atom stereocenters. The predicted molar refractivity (Wildman–Crippen MR) is 73.6 cm³/mol. The molecule has 0 heterocycles. The number of nitrogens with one attached hydrogen (secondary N) is 1. The Balaban J connectivity index is 1.97. The van der Waals surface area contributed by atoms with Gasteiger partial charge in [0.15, 0.2) is 0 Å². The molecule has 1 amide bonds. The number of hydrogen-bond donors (Lipinski definition) is 1. The lowest BCUT2D eigenvalue weighted by Crippen LogP contribution is -2.12. The average Bonchev–Trinajstić information content (AvgIpc) is 2.42. The van der Waals surface area contributed by atoms with Gasteiger partial charge in [0.25, 0.3) is 0 Å². The van der Waals surface area contributed by atoms with E-state index in [-0.39, 0.29) is 0 Å². The Morgan fingerprint density at radius 3 is 2.26 bits per heavy atom. The number of benzene rings is 2. The van der Waals surface area contributed by atoms with Gasteiger partial charge in [-0.15, -0.1) is 0 Å². The van der Waals surface area contributed by atoms with Crippen LogP contribution in [0.1, 0.15) is 6.92 Å². The molecule has 4 nitrogen and oxygen atoms in total. The SMILES string of the molecule is CCOC(=O)Nc1ccc(Oc2ccccc2)cc1. The molecule has 2 rings (SSSR count). The van der Waals surface area contributed by atoms with Gasteiger partial charge in [-0.05, 0) is 43.3 Å². The zero-order valence-corrected chi connectivity index (χ0v) is 10.6. The van der Waals surface area contributed by atoms with Crippen LogP contribution in [-0.4, -0.2) is 12.7 Å². The highest BCUT2D eigenvalue weighted by molar-refractivity contribution is 5.84. The van der Waals surface area contributed by atoms with Gasteiger partial charge in [-0.3, -0.25) is 5.32 Å². The highest BCUT2D eigenvalue weighted by Crippen LogP contribution is 2.22. The minimum Gasteiger partial charge on any atom is -0.457 e. The Kier molecular flexibility index (Phi) is 4.39. The molecular formula is C15H15NO3. The van der Waals surface area contributed by atoms with Crippen molar-refractivity contribution in [3.05, 3.63) is 54.6 Å². The fourth-order valence-electron chi connectivity index (χ4n) is 1.52. The second kappa shape index (κ2) is 6.44. The summed E-state index contributed by atoms with van der Waals surface area (Å²) >= 11 is 0. The third kappa shape index (κ3) is 4.03. The Morgan fingerprint density at radius 2 is 1.63 bits per heavy atom. The fourth-order valence-corrected chi connectivity index (χ4v) is 1.52. The van der Waals surface area contributed by atoms with Crippen molar-refractivity contribution in [3.8, 4) is 11.5 Å². The molecular weight excluding hydrogens is 242 g/mol. The van der Waals surface area contributed by atoms with E-state index in [2.05, 4.69) is 5.32 Å². The minimum atomic E-state index is -0.459. The molecule has 1 N–H and O–H groups in total. The summed E-state index contributed by atoms with van der Waals surface area (Å²) in [5.41, 5.74) is 0.666. The normalized spacial score (nSPS) is 9.74. The third-order valence-corrected chi connectivity index (χ3v) is 2.36. The first-order valence-corrected chi connectivity index (χ1v) is 6.04. The monoisotopic (exact) mass is 257 g/mol. The van der Waals surface area contributed by atoms with Crippen molar-refractivity contribution >= 4 is 11.8 Å². The van der Waals surface area contributed by atoms with Crippen molar-refractivity contribution in [1.82, 2.24) is 0 Å². The van der Waals surface area contributed by atoms with Gasteiger partial charge in [0.1, 0.15) is 11.5 Å². The molecule has 0 radical (unpaired) electrons. The molecule has 0 bridgehead atoms. The Hall–Kier alpha value is -2.49. The molecule has 0 spiro atoms. The summed E-state index contributed by atoms with van der Waals surface area (Å²) in [6, 6.07) is 16.6. The van der Waals surface area contributed by atoms with Crippen LogP contribution in [0.25, 0.3) is 0 Å². The lowest BCUT2D eigenvalue weighted by Gasteiger charge is -2.07. The van der Waals surface area contributed by atoms with Crippen LogP contribution in [0.4, 0.5) is 10.5 Å². The van der Waals surface area contributed by atoms with Crippen LogP contribution in [-0.2, 0) is 4.74 Å². The molecule has 2 aromatic rings. The van der Waals surface area contributed by atoms with Crippen molar-refractivity contribution in [2.45, 2.75) is 6.92 Å². The third-order valence-electron chi connectivity index (χ3n) is 2.36. The Labute approximate surface area is 112 Å². The van der Waals surface area contributed by atoms with Crippen molar-refractivity contribution < 1.29 is 14.3 Å². The van der Waals surface area contributed by atoms with Crippen molar-refractivity contribution in [3.63, 3.8) is 0 Å². The average molecular weight is 257 g/mol. The summed E-state index contributed by atoms with van der Waals surface area (Å²) in [5.74, 6) is 1.48. The highest BCUT2D eigenvalue weighted by atomic mass is 16.5. The van der Waals surface area contributed by atoms with Gasteiger partial charge < -0.3 is 9.47 Å². The summed E-state index contributed by atoms with van der Waals surface area (Å²) in [6.45, 7) is 2.11. The maximum absolute atomic E-state index is 11.2. The van der Waals surface area contributed by atoms with Crippen LogP contribution >= 0.6 is 0 Å². The molecule has 0 aromatic heterocycles. The number of ether oxygens (including phenoxy) is 2. The zero-order chi connectivity index (χ0) is 13.5. The molecule has 4 heteroatoms. The molecule has 0 saturated heterocycles. The Bertz CT molecular complexity index is 523. The summed E-state index contributed by atoms with van der Waals surface area (Å²) in [6.07, 6.45) is -0.459. The van der Waals surface area contributed by atoms with E-state index in [1.54, 1.807) is 31.2 Å². The van der Waals surface area contributed by atoms with Gasteiger partial charge in [-0.1, -0.05) is 18.2 Å². The maximum atomic E-state index is 11.2. The van der Waals surface area contributed by atoms with E-state index >= 15 is 0 Å². The molecule has 0 saturated carbocycles. The quantitative estimate of drug-likeness (QED) is 0.898. The lowest BCUT2D eigenvalue weighted by molar-refractivity contribution is 0.168. The van der Waals surface area contributed by atoms with E-state index in [0.717, 1.165) is 5.75 Å². The van der Waals surface area contributed by atoms with E-state index in [1.807, 2.05) is 30.3 Å². The predicted octanol–water partition coefficient (Wildman–Crippen LogP) is 4.05. The summed E-state index contributed by atoms with van der Waals surface area (Å²) in [7, 11) is 0. The highest BCUT2D eigenvalue weighted by Gasteiger charge is 2.02. The van der Waals surface area contributed by atoms with E-state index in [0.29, 0.717) is 18.0 Å². The van der Waals surface area contributed by atoms with Crippen molar-refractivity contribution in [2.24, 2.45) is 0 Å². The van der Waals surface area contributed by atoms with Crippen LogP contribution in [0.3, 0.4) is 0 Å². The molecule has 0 fully saturated rings. The fraction of sp³-hybridized carbons (Fsp3) is 0.133. The van der Waals surface area contributed by atoms with Crippen LogP contribution in [0, 0.1) is 0 Å². The first-order valence-electron chi connectivity index (χ1n) is 6.04. The number of carbonyl (C=O) groups is 1. The number of hydrogen-bond acceptors (Lipinski definition) is 3. The van der Waals surface area contributed by atoms with E-state index < -0.39 is 6.09 Å². The second-order valence-electron chi connectivity index (χ2n) is 3.78. The maximum Gasteiger partial charge on any atom is 0.411 e. The van der Waals surface area contributed by atoms with Crippen molar-refractivity contribution in [1.29, 1.82) is 0 Å². The molecule has 0 atom stereocenters. The lowest BCUT2D eigenvalue weighted by atomic mass is 10.3. The van der Waals surface area contributed by atoms with Crippen LogP contribution in [0.2, 0.25) is 0 Å². The molecule has 98 valence electrons. The molecule has 19 heavy (non-hydrogen) atoms. The molecule has 0 aliphatic rings. The molecule has 2 aromatic carbocycles. The zero-order valence-electron chi connectivity index (χ0n) is 10.6. The molecule has 0 aliphatic heterocycles. The van der Waals surface area contributed by atoms with Crippen molar-refractivity contribution in [2.75, 3.05) is 11.9 Å². The number of rotatable bonds is 4. The van der Waals surface area contributed by atoms with Crippen LogP contribution < -0.4 is 10.1 Å². The minimum absolute atomic E-state index is 0.348. The summed E-state index contributed by atoms with van der Waals surface area (Å²) in [5, 5.41) is 2.62. The van der Waals surface area contributed by atoms with Gasteiger partial charge in [-0.25, -0.2) is 4.79 Å². The van der Waals surface area contributed by atoms with Gasteiger partial charge in [0.2, 0.25) is 0 Å². The first kappa shape index (κ1) is 13.0. The van der Waals surface area contributed by atoms with Crippen LogP contribution in [0.5, 0.6) is 11.5 Å². The largest absolute Gasteiger partial charge is 0.457 e. The first-order chi connectivity index (χ1) is 9.28. The standard InChI is InChI=1S/C15H15NO3/c1-2-18-15(17)16-12-8-10-14(11-9-12)19-13-6-4-3-5-7-13/h3-11H,2H2,1H3,(H,16,17). The number of anilines is 1. The molecule has 0 aliphatic carbocycles. The van der Waals surface area contributed by atoms with Gasteiger partial charge >= 0.3 is 6.09 Å². The summed E-state index contributed by atoms with van der Waals surface area (Å²) < 4.78 is 10.4. The van der Waals surface area contributed by atoms with Gasteiger partial charge in [0.05, 0.1) is 6.61 Å². The topological polar surface area (TPSA) is 47.6 Å². The Morgan fingerprint density at radius 1 is 1.00 bits per heavy atom. The number of carbonyl (C=O) groups excluding carboxylic acids is 1. The number of amides is 1. The second-order valence-corrected chi connectivity index (χ2v) is 3.78. The van der Waals surface area contributed by atoms with Gasteiger partial charge in [0, 0.05) is 5.69 Å². The summed E-state index contributed by atoms with van der Waals surface area (Å²) in [4.78, 5) is 11.2.